The van der Waals surface area contributed by atoms with Gasteiger partial charge in [0.15, 0.2) is 0 Å². The topological polar surface area (TPSA) is 45.2 Å². The second-order valence-corrected chi connectivity index (χ2v) is 8.52. The maximum Gasteiger partial charge on any atom is 0.246 e. The zero-order valence-electron chi connectivity index (χ0n) is 16.9. The van der Waals surface area contributed by atoms with Gasteiger partial charge in [0, 0.05) is 31.9 Å². The van der Waals surface area contributed by atoms with E-state index in [0.29, 0.717) is 11.8 Å². The number of amides is 1. The molecule has 1 aromatic carbocycles. The maximum absolute atomic E-state index is 12.7. The van der Waals surface area contributed by atoms with Crippen LogP contribution in [-0.2, 0) is 11.2 Å². The molecule has 3 heterocycles. The number of hydrogen-bond acceptors (Lipinski definition) is 3. The minimum absolute atomic E-state index is 0.112. The molecule has 2 aliphatic heterocycles. The summed E-state index contributed by atoms with van der Waals surface area (Å²) in [4.78, 5) is 19.2. The van der Waals surface area contributed by atoms with E-state index in [1.54, 1.807) is 6.08 Å². The van der Waals surface area contributed by atoms with Crippen LogP contribution in [0, 0.1) is 18.8 Å². The molecule has 0 bridgehead atoms. The number of benzene rings is 1. The van der Waals surface area contributed by atoms with Crippen LogP contribution in [0.25, 0.3) is 11.6 Å². The van der Waals surface area contributed by atoms with E-state index in [2.05, 4.69) is 53.6 Å². The number of pyridine rings is 1. The fraction of sp³-hybridized carbons (Fsp3) is 0.360. The second-order valence-electron chi connectivity index (χ2n) is 8.52. The van der Waals surface area contributed by atoms with Crippen molar-refractivity contribution in [3.8, 4) is 0 Å². The number of anilines is 1. The Morgan fingerprint density at radius 1 is 1.28 bits per heavy atom. The van der Waals surface area contributed by atoms with E-state index in [0.717, 1.165) is 50.3 Å². The van der Waals surface area contributed by atoms with E-state index in [1.165, 1.54) is 22.3 Å². The van der Waals surface area contributed by atoms with Crippen LogP contribution >= 0.6 is 0 Å². The molecule has 0 spiro atoms. The van der Waals surface area contributed by atoms with Crippen LogP contribution in [-0.4, -0.2) is 35.4 Å². The lowest BCUT2D eigenvalue weighted by Gasteiger charge is -2.17. The van der Waals surface area contributed by atoms with Gasteiger partial charge in [-0.1, -0.05) is 30.3 Å². The fourth-order valence-electron chi connectivity index (χ4n) is 4.95. The third-order valence-electron chi connectivity index (χ3n) is 6.51. The highest BCUT2D eigenvalue weighted by molar-refractivity contribution is 5.92. The summed E-state index contributed by atoms with van der Waals surface area (Å²) >= 11 is 0. The van der Waals surface area contributed by atoms with Crippen LogP contribution < -0.4 is 5.32 Å². The van der Waals surface area contributed by atoms with E-state index in [4.69, 9.17) is 0 Å². The lowest BCUT2D eigenvalue weighted by atomic mass is 9.96. The zero-order chi connectivity index (χ0) is 19.8. The number of nitrogens with zero attached hydrogens (tertiary/aromatic N) is 2. The highest BCUT2D eigenvalue weighted by Gasteiger charge is 2.37. The summed E-state index contributed by atoms with van der Waals surface area (Å²) in [5.74, 6) is 2.14. The maximum atomic E-state index is 12.7. The quantitative estimate of drug-likeness (QED) is 0.800. The Morgan fingerprint density at radius 3 is 3.03 bits per heavy atom. The summed E-state index contributed by atoms with van der Waals surface area (Å²) in [6.07, 6.45) is 11.1. The van der Waals surface area contributed by atoms with Gasteiger partial charge in [-0.2, -0.15) is 0 Å². The van der Waals surface area contributed by atoms with E-state index in [1.807, 2.05) is 17.2 Å². The molecule has 5 rings (SSSR count). The van der Waals surface area contributed by atoms with Gasteiger partial charge in [-0.25, -0.2) is 4.98 Å². The van der Waals surface area contributed by atoms with Crippen LogP contribution in [0.1, 0.15) is 35.1 Å². The summed E-state index contributed by atoms with van der Waals surface area (Å²) < 4.78 is 0. The van der Waals surface area contributed by atoms with Crippen molar-refractivity contribution in [3.05, 3.63) is 70.9 Å². The first-order valence-electron chi connectivity index (χ1n) is 10.6. The van der Waals surface area contributed by atoms with Crippen LogP contribution in [0.15, 0.2) is 48.7 Å². The molecule has 2 unspecified atom stereocenters. The second kappa shape index (κ2) is 7.51. The van der Waals surface area contributed by atoms with Crippen molar-refractivity contribution in [1.29, 1.82) is 0 Å². The third-order valence-corrected chi connectivity index (χ3v) is 6.51. The molecule has 0 radical (unpaired) electrons. The molecule has 1 amide bonds. The van der Waals surface area contributed by atoms with E-state index >= 15 is 0 Å². The molecule has 2 atom stereocenters. The molecule has 4 heteroatoms. The van der Waals surface area contributed by atoms with Crippen molar-refractivity contribution < 1.29 is 4.79 Å². The molecule has 2 aromatic rings. The molecular weight excluding hydrogens is 358 g/mol. The molecule has 4 nitrogen and oxygen atoms in total. The number of fused-ring (bicyclic) bond motifs is 2. The summed E-state index contributed by atoms with van der Waals surface area (Å²) in [7, 11) is 0. The number of carbonyl (C=O) groups excluding carboxylic acids is 1. The number of aromatic nitrogens is 1. The Bertz CT molecular complexity index is 1010. The van der Waals surface area contributed by atoms with E-state index < -0.39 is 0 Å². The number of nitrogens with one attached hydrogen (secondary N) is 1. The first kappa shape index (κ1) is 18.2. The number of rotatable bonds is 3. The molecule has 3 aliphatic rings. The molecule has 148 valence electrons. The van der Waals surface area contributed by atoms with E-state index in [-0.39, 0.29) is 5.91 Å². The SMILES string of the molecule is Cc1ccccc1C1=CC2CN(C(=O)/C=C/c3cnc4c(c3)CCCN4)CC2C1. The van der Waals surface area contributed by atoms with Crippen molar-refractivity contribution in [1.82, 2.24) is 9.88 Å². The van der Waals surface area contributed by atoms with Crippen LogP contribution in [0.4, 0.5) is 5.82 Å². The number of aryl methyl sites for hydroxylation is 2. The average molecular weight is 386 g/mol. The van der Waals surface area contributed by atoms with Gasteiger partial charge < -0.3 is 10.2 Å². The molecule has 1 aromatic heterocycles. The molecule has 1 aliphatic carbocycles. The van der Waals surface area contributed by atoms with Crippen LogP contribution in [0.3, 0.4) is 0 Å². The highest BCUT2D eigenvalue weighted by Crippen LogP contribution is 2.41. The average Bonchev–Trinajstić information content (AvgIpc) is 3.31. The van der Waals surface area contributed by atoms with Gasteiger partial charge in [0.05, 0.1) is 0 Å². The Balaban J connectivity index is 1.24. The first-order valence-corrected chi connectivity index (χ1v) is 10.6. The Kier molecular flexibility index (Phi) is 4.70. The normalized spacial score (nSPS) is 22.9. The molecular formula is C25H27N3O. The number of hydrogen-bond donors (Lipinski definition) is 1. The van der Waals surface area contributed by atoms with Crippen LogP contribution in [0.2, 0.25) is 0 Å². The zero-order valence-corrected chi connectivity index (χ0v) is 16.9. The summed E-state index contributed by atoms with van der Waals surface area (Å²) in [6.45, 7) is 4.85. The number of likely N-dealkylation sites (tertiary alicyclic amines) is 1. The van der Waals surface area contributed by atoms with Gasteiger partial charge in [-0.05, 0) is 78.0 Å². The van der Waals surface area contributed by atoms with Crippen molar-refractivity contribution in [2.24, 2.45) is 11.8 Å². The monoisotopic (exact) mass is 385 g/mol. The standard InChI is InChI=1S/C25H27N3O/c1-17-5-2-3-7-23(17)20-12-21-15-28(16-22(21)13-20)24(29)9-8-18-11-19-6-4-10-26-25(19)27-14-18/h2-3,5,7-9,11-12,14,21-22H,4,6,10,13,15-16H2,1H3,(H,26,27)/b9-8+. The minimum atomic E-state index is 0.112. The molecule has 0 saturated carbocycles. The van der Waals surface area contributed by atoms with Gasteiger partial charge in [-0.15, -0.1) is 0 Å². The highest BCUT2D eigenvalue weighted by atomic mass is 16.2. The van der Waals surface area contributed by atoms with Gasteiger partial charge in [-0.3, -0.25) is 4.79 Å². The molecule has 29 heavy (non-hydrogen) atoms. The Labute approximate surface area is 172 Å². The van der Waals surface area contributed by atoms with Gasteiger partial charge in [0.25, 0.3) is 0 Å². The van der Waals surface area contributed by atoms with Gasteiger partial charge >= 0.3 is 0 Å². The van der Waals surface area contributed by atoms with Gasteiger partial charge in [0.1, 0.15) is 5.82 Å². The molecule has 1 saturated heterocycles. The largest absolute Gasteiger partial charge is 0.370 e. The van der Waals surface area contributed by atoms with Crippen molar-refractivity contribution in [2.75, 3.05) is 25.0 Å². The predicted molar refractivity (Wildman–Crippen MR) is 117 cm³/mol. The summed E-state index contributed by atoms with van der Waals surface area (Å²) in [6, 6.07) is 10.8. The van der Waals surface area contributed by atoms with Crippen molar-refractivity contribution >= 4 is 23.4 Å². The van der Waals surface area contributed by atoms with Crippen LogP contribution in [0.5, 0.6) is 0 Å². The third kappa shape index (κ3) is 3.59. The lowest BCUT2D eigenvalue weighted by molar-refractivity contribution is -0.125. The van der Waals surface area contributed by atoms with Gasteiger partial charge in [0.2, 0.25) is 5.91 Å². The molecule has 1 fully saturated rings. The van der Waals surface area contributed by atoms with Crippen molar-refractivity contribution in [3.63, 3.8) is 0 Å². The van der Waals surface area contributed by atoms with Crippen molar-refractivity contribution in [2.45, 2.75) is 26.2 Å². The predicted octanol–water partition coefficient (Wildman–Crippen LogP) is 4.32. The summed E-state index contributed by atoms with van der Waals surface area (Å²) in [5.41, 5.74) is 6.41. The smallest absolute Gasteiger partial charge is 0.246 e. The fourth-order valence-corrected chi connectivity index (χ4v) is 4.95. The number of carbonyl (C=O) groups is 1. The molecule has 1 N–H and O–H groups in total. The Hall–Kier alpha value is -2.88. The lowest BCUT2D eigenvalue weighted by Crippen LogP contribution is -2.27. The summed E-state index contributed by atoms with van der Waals surface area (Å²) in [5, 5.41) is 3.32. The Morgan fingerprint density at radius 2 is 2.17 bits per heavy atom. The first-order chi connectivity index (χ1) is 14.2. The number of allylic oxidation sites excluding steroid dienone is 1. The van der Waals surface area contributed by atoms with E-state index in [9.17, 15) is 4.79 Å². The minimum Gasteiger partial charge on any atom is -0.370 e.